The molecule has 2 heterocycles. The van der Waals surface area contributed by atoms with Crippen LogP contribution in [0.25, 0.3) is 11.2 Å². The van der Waals surface area contributed by atoms with Crippen LogP contribution in [0.1, 0.15) is 11.8 Å². The Bertz CT molecular complexity index is 904. The SMILES string of the molecule is Nc1nc(Cl)c2ncn(C(OCCOCc3ccccc3)C(F)(F)F)c2n1. The van der Waals surface area contributed by atoms with E-state index in [4.69, 9.17) is 26.8 Å². The second kappa shape index (κ2) is 8.07. The van der Waals surface area contributed by atoms with E-state index in [2.05, 4.69) is 15.0 Å². The number of rotatable bonds is 7. The van der Waals surface area contributed by atoms with Crippen molar-refractivity contribution in [1.82, 2.24) is 19.5 Å². The van der Waals surface area contributed by atoms with Crippen molar-refractivity contribution in [2.45, 2.75) is 19.0 Å². The van der Waals surface area contributed by atoms with Crippen LogP contribution >= 0.6 is 11.6 Å². The van der Waals surface area contributed by atoms with Gasteiger partial charge in [-0.25, -0.2) is 4.98 Å². The zero-order valence-corrected chi connectivity index (χ0v) is 14.6. The summed E-state index contributed by atoms with van der Waals surface area (Å²) in [6.07, 6.45) is -6.08. The van der Waals surface area contributed by atoms with Gasteiger partial charge in [-0.15, -0.1) is 0 Å². The topological polar surface area (TPSA) is 88.1 Å². The molecule has 2 aromatic heterocycles. The molecule has 0 fully saturated rings. The molecule has 0 radical (unpaired) electrons. The molecule has 1 aromatic carbocycles. The van der Waals surface area contributed by atoms with Crippen molar-refractivity contribution < 1.29 is 22.6 Å². The summed E-state index contributed by atoms with van der Waals surface area (Å²) >= 11 is 5.85. The lowest BCUT2D eigenvalue weighted by molar-refractivity contribution is -0.251. The monoisotopic (exact) mass is 401 g/mol. The predicted octanol–water partition coefficient (Wildman–Crippen LogP) is 3.36. The van der Waals surface area contributed by atoms with E-state index in [1.165, 1.54) is 0 Å². The summed E-state index contributed by atoms with van der Waals surface area (Å²) in [7, 11) is 0. The van der Waals surface area contributed by atoms with Crippen LogP contribution in [0.4, 0.5) is 19.1 Å². The molecule has 0 aliphatic carbocycles. The summed E-state index contributed by atoms with van der Waals surface area (Å²) < 4.78 is 51.5. The van der Waals surface area contributed by atoms with Crippen molar-refractivity contribution in [3.05, 3.63) is 47.4 Å². The number of alkyl halides is 3. The van der Waals surface area contributed by atoms with Gasteiger partial charge in [-0.1, -0.05) is 41.9 Å². The lowest BCUT2D eigenvalue weighted by Gasteiger charge is -2.22. The molecule has 0 spiro atoms. The second-order valence-corrected chi connectivity index (χ2v) is 5.86. The number of anilines is 1. The molecule has 2 N–H and O–H groups in total. The van der Waals surface area contributed by atoms with Crippen molar-refractivity contribution in [1.29, 1.82) is 0 Å². The summed E-state index contributed by atoms with van der Waals surface area (Å²) in [4.78, 5) is 11.3. The number of nitrogens with zero attached hydrogens (tertiary/aromatic N) is 4. The van der Waals surface area contributed by atoms with Crippen molar-refractivity contribution in [3.63, 3.8) is 0 Å². The van der Waals surface area contributed by atoms with E-state index in [-0.39, 0.29) is 42.1 Å². The minimum atomic E-state index is -4.71. The first-order chi connectivity index (χ1) is 12.9. The van der Waals surface area contributed by atoms with Gasteiger partial charge in [0.25, 0.3) is 0 Å². The molecule has 1 atom stereocenters. The van der Waals surface area contributed by atoms with Gasteiger partial charge >= 0.3 is 6.18 Å². The Labute approximate surface area is 156 Å². The summed E-state index contributed by atoms with van der Waals surface area (Å²) in [5.74, 6) is -0.263. The zero-order valence-electron chi connectivity index (χ0n) is 13.9. The van der Waals surface area contributed by atoms with Crippen molar-refractivity contribution >= 4 is 28.7 Å². The fourth-order valence-corrected chi connectivity index (χ4v) is 2.60. The van der Waals surface area contributed by atoms with E-state index < -0.39 is 12.4 Å². The van der Waals surface area contributed by atoms with E-state index in [1.54, 1.807) is 0 Å². The normalized spacial score (nSPS) is 13.2. The summed E-state index contributed by atoms with van der Waals surface area (Å²) in [5.41, 5.74) is 6.21. The highest BCUT2D eigenvalue weighted by Gasteiger charge is 2.43. The van der Waals surface area contributed by atoms with Crippen LogP contribution in [0.5, 0.6) is 0 Å². The molecular weight excluding hydrogens is 387 g/mol. The van der Waals surface area contributed by atoms with Gasteiger partial charge in [-0.2, -0.15) is 23.1 Å². The number of aromatic nitrogens is 4. The summed E-state index contributed by atoms with van der Waals surface area (Å²) in [6.45, 7) is -0.0365. The van der Waals surface area contributed by atoms with E-state index in [0.29, 0.717) is 0 Å². The van der Waals surface area contributed by atoms with Gasteiger partial charge in [0.05, 0.1) is 26.1 Å². The van der Waals surface area contributed by atoms with Crippen LogP contribution in [-0.4, -0.2) is 38.9 Å². The van der Waals surface area contributed by atoms with Crippen LogP contribution in [-0.2, 0) is 16.1 Å². The third kappa shape index (κ3) is 4.65. The molecule has 0 bridgehead atoms. The molecule has 11 heteroatoms. The Morgan fingerprint density at radius 1 is 1.15 bits per heavy atom. The molecule has 7 nitrogen and oxygen atoms in total. The second-order valence-electron chi connectivity index (χ2n) is 5.50. The Morgan fingerprint density at radius 2 is 1.89 bits per heavy atom. The minimum Gasteiger partial charge on any atom is -0.374 e. The zero-order chi connectivity index (χ0) is 19.4. The van der Waals surface area contributed by atoms with Gasteiger partial charge in [0.1, 0.15) is 5.52 Å². The molecule has 0 saturated heterocycles. The molecule has 0 amide bonds. The van der Waals surface area contributed by atoms with Gasteiger partial charge in [-0.05, 0) is 5.56 Å². The molecule has 3 aromatic rings. The van der Waals surface area contributed by atoms with E-state index in [0.717, 1.165) is 16.5 Å². The highest BCUT2D eigenvalue weighted by atomic mass is 35.5. The minimum absolute atomic E-state index is 0.00374. The maximum Gasteiger partial charge on any atom is 0.434 e. The van der Waals surface area contributed by atoms with Gasteiger partial charge < -0.3 is 15.2 Å². The largest absolute Gasteiger partial charge is 0.434 e. The molecule has 0 aliphatic heterocycles. The number of nitrogen functional groups attached to an aromatic ring is 1. The third-order valence-corrected chi connectivity index (χ3v) is 3.81. The Kier molecular flexibility index (Phi) is 5.78. The van der Waals surface area contributed by atoms with Crippen molar-refractivity contribution in [2.75, 3.05) is 18.9 Å². The first-order valence-electron chi connectivity index (χ1n) is 7.82. The van der Waals surface area contributed by atoms with Crippen LogP contribution in [0.2, 0.25) is 5.15 Å². The van der Waals surface area contributed by atoms with Crippen molar-refractivity contribution in [3.8, 4) is 0 Å². The number of benzene rings is 1. The Hall–Kier alpha value is -2.43. The van der Waals surface area contributed by atoms with Gasteiger partial charge in [-0.3, -0.25) is 4.57 Å². The van der Waals surface area contributed by atoms with Gasteiger partial charge in [0.15, 0.2) is 10.8 Å². The van der Waals surface area contributed by atoms with Crippen LogP contribution in [0, 0.1) is 0 Å². The van der Waals surface area contributed by atoms with Crippen LogP contribution in [0.3, 0.4) is 0 Å². The fourth-order valence-electron chi connectivity index (χ4n) is 2.38. The number of hydrogen-bond acceptors (Lipinski definition) is 6. The smallest absolute Gasteiger partial charge is 0.374 e. The van der Waals surface area contributed by atoms with Crippen LogP contribution < -0.4 is 5.73 Å². The molecule has 0 aliphatic rings. The molecular formula is C16H15ClF3N5O2. The Balaban J connectivity index is 1.68. The quantitative estimate of drug-likeness (QED) is 0.482. The van der Waals surface area contributed by atoms with Gasteiger partial charge in [0.2, 0.25) is 12.2 Å². The summed E-state index contributed by atoms with van der Waals surface area (Å²) in [5, 5.41) is -0.136. The first-order valence-corrected chi connectivity index (χ1v) is 8.19. The molecule has 3 rings (SSSR count). The predicted molar refractivity (Wildman–Crippen MR) is 91.9 cm³/mol. The number of hydrogen-bond donors (Lipinski definition) is 1. The van der Waals surface area contributed by atoms with E-state index >= 15 is 0 Å². The van der Waals surface area contributed by atoms with E-state index in [1.807, 2.05) is 30.3 Å². The number of nitrogens with two attached hydrogens (primary N) is 1. The van der Waals surface area contributed by atoms with Gasteiger partial charge in [0, 0.05) is 0 Å². The molecule has 0 saturated carbocycles. The molecule has 27 heavy (non-hydrogen) atoms. The number of imidazole rings is 1. The highest BCUT2D eigenvalue weighted by molar-refractivity contribution is 6.33. The lowest BCUT2D eigenvalue weighted by Crippen LogP contribution is -2.30. The summed E-state index contributed by atoms with van der Waals surface area (Å²) in [6, 6.07) is 9.25. The maximum atomic E-state index is 13.5. The lowest BCUT2D eigenvalue weighted by atomic mass is 10.2. The first kappa shape index (κ1) is 19.3. The average molecular weight is 402 g/mol. The third-order valence-electron chi connectivity index (χ3n) is 3.54. The highest BCUT2D eigenvalue weighted by Crippen LogP contribution is 2.34. The fraction of sp³-hybridized carbons (Fsp3) is 0.312. The number of halogens is 4. The van der Waals surface area contributed by atoms with Crippen LogP contribution in [0.15, 0.2) is 36.7 Å². The van der Waals surface area contributed by atoms with Crippen molar-refractivity contribution in [2.24, 2.45) is 0 Å². The molecule has 144 valence electrons. The molecule has 1 unspecified atom stereocenters. The Morgan fingerprint density at radius 3 is 2.59 bits per heavy atom. The standard InChI is InChI=1S/C16H15ClF3N5O2/c17-12-11-13(24-15(21)23-12)25(9-22-11)14(16(18,19)20)27-7-6-26-8-10-4-2-1-3-5-10/h1-5,9,14H,6-8H2,(H2,21,23,24). The average Bonchev–Trinajstić information content (AvgIpc) is 3.01. The number of fused-ring (bicyclic) bond motifs is 1. The maximum absolute atomic E-state index is 13.5. The number of ether oxygens (including phenoxy) is 2. The van der Waals surface area contributed by atoms with E-state index in [9.17, 15) is 13.2 Å².